The van der Waals surface area contributed by atoms with E-state index < -0.39 is 5.97 Å². The minimum Gasteiger partial charge on any atom is -0.463 e. The number of aliphatic hydroxyl groups is 1. The molecule has 0 unspecified atom stereocenters. The fraction of sp³-hybridized carbons (Fsp3) is 0.500. The van der Waals surface area contributed by atoms with Gasteiger partial charge in [0, 0.05) is 13.0 Å². The lowest BCUT2D eigenvalue weighted by atomic mass is 10.2. The largest absolute Gasteiger partial charge is 0.463 e. The summed E-state index contributed by atoms with van der Waals surface area (Å²) in [5.41, 5.74) is 4.63. The zero-order chi connectivity index (χ0) is 12.0. The molecule has 0 aromatic carbocycles. The van der Waals surface area contributed by atoms with Crippen molar-refractivity contribution in [2.75, 3.05) is 13.7 Å². The van der Waals surface area contributed by atoms with Gasteiger partial charge in [-0.15, -0.1) is 5.10 Å². The number of carbonyl (C=O) groups is 2. The van der Waals surface area contributed by atoms with Crippen LogP contribution in [0.1, 0.15) is 12.8 Å². The Hall–Kier alpha value is -1.96. The second kappa shape index (κ2) is 5.81. The van der Waals surface area contributed by atoms with Gasteiger partial charge in [-0.1, -0.05) is 0 Å². The number of carbonyl (C=O) groups excluding carboxylic acids is 2. The number of rotatable bonds is 5. The monoisotopic (exact) mass is 228 g/mol. The van der Waals surface area contributed by atoms with Gasteiger partial charge in [-0.05, 0) is 6.42 Å². The molecule has 1 aliphatic rings. The van der Waals surface area contributed by atoms with Crippen LogP contribution in [0.3, 0.4) is 0 Å². The van der Waals surface area contributed by atoms with E-state index in [1.165, 1.54) is 7.11 Å². The summed E-state index contributed by atoms with van der Waals surface area (Å²) in [6.07, 6.45) is 0.514. The first-order valence-electron chi connectivity index (χ1n) is 4.58. The molecule has 0 saturated heterocycles. The van der Waals surface area contributed by atoms with Crippen LogP contribution in [0.5, 0.6) is 0 Å². The van der Waals surface area contributed by atoms with Crippen molar-refractivity contribution >= 4 is 23.4 Å². The minimum absolute atomic E-state index is 0.00102. The number of hydrogen-bond acceptors (Lipinski definition) is 8. The van der Waals surface area contributed by atoms with Gasteiger partial charge in [0.25, 0.3) is 5.84 Å². The molecule has 88 valence electrons. The number of ketones is 1. The summed E-state index contributed by atoms with van der Waals surface area (Å²) < 4.78 is 4.39. The lowest BCUT2D eigenvalue weighted by molar-refractivity contribution is -0.133. The van der Waals surface area contributed by atoms with Gasteiger partial charge in [-0.3, -0.25) is 15.6 Å². The second-order valence-electron chi connectivity index (χ2n) is 2.89. The normalized spacial score (nSPS) is 14.1. The Labute approximate surface area is 91.3 Å². The first kappa shape index (κ1) is 12.1. The predicted molar refractivity (Wildman–Crippen MR) is 54.5 cm³/mol. The maximum absolute atomic E-state index is 11.4. The fourth-order valence-corrected chi connectivity index (χ4v) is 0.938. The number of amidine groups is 2. The molecule has 0 radical (unpaired) electrons. The Morgan fingerprint density at radius 2 is 1.94 bits per heavy atom. The number of methoxy groups -OCH3 is 1. The maximum Gasteiger partial charge on any atom is 0.377 e. The molecule has 0 atom stereocenters. The van der Waals surface area contributed by atoms with Crippen LogP contribution in [0.2, 0.25) is 0 Å². The van der Waals surface area contributed by atoms with Crippen LogP contribution in [0.4, 0.5) is 0 Å². The summed E-state index contributed by atoms with van der Waals surface area (Å²) >= 11 is 0. The third kappa shape index (κ3) is 3.02. The van der Waals surface area contributed by atoms with E-state index in [-0.39, 0.29) is 30.5 Å². The van der Waals surface area contributed by atoms with Gasteiger partial charge in [0.05, 0.1) is 7.11 Å². The lowest BCUT2D eigenvalue weighted by Crippen LogP contribution is -2.41. The molecule has 1 rings (SSSR count). The smallest absolute Gasteiger partial charge is 0.377 e. The molecule has 0 spiro atoms. The Morgan fingerprint density at radius 1 is 1.31 bits per heavy atom. The van der Waals surface area contributed by atoms with Gasteiger partial charge in [0.1, 0.15) is 0 Å². The number of ether oxygens (including phenoxy) is 1. The fourth-order valence-electron chi connectivity index (χ4n) is 0.938. The van der Waals surface area contributed by atoms with E-state index in [1.807, 2.05) is 0 Å². The van der Waals surface area contributed by atoms with Crippen LogP contribution in [0.15, 0.2) is 10.2 Å². The molecule has 0 aromatic heterocycles. The van der Waals surface area contributed by atoms with Crippen molar-refractivity contribution in [2.24, 2.45) is 10.2 Å². The molecule has 8 nitrogen and oxygen atoms in total. The molecule has 0 fully saturated rings. The van der Waals surface area contributed by atoms with Crippen LogP contribution in [-0.2, 0) is 14.3 Å². The van der Waals surface area contributed by atoms with E-state index in [9.17, 15) is 9.59 Å². The molecule has 0 saturated carbocycles. The Kier molecular flexibility index (Phi) is 4.40. The van der Waals surface area contributed by atoms with Crippen molar-refractivity contribution in [3.05, 3.63) is 0 Å². The first-order chi connectivity index (χ1) is 7.69. The van der Waals surface area contributed by atoms with E-state index in [2.05, 4.69) is 25.8 Å². The lowest BCUT2D eigenvalue weighted by Gasteiger charge is -2.12. The SMILES string of the molecule is COC(=O)C1=NNC(C(=O)CCCO)=NN1. The van der Waals surface area contributed by atoms with Gasteiger partial charge in [-0.2, -0.15) is 5.10 Å². The van der Waals surface area contributed by atoms with Crippen molar-refractivity contribution in [2.45, 2.75) is 12.8 Å². The summed E-state index contributed by atoms with van der Waals surface area (Å²) in [4.78, 5) is 22.3. The van der Waals surface area contributed by atoms with E-state index in [4.69, 9.17) is 5.11 Å². The minimum atomic E-state index is -0.682. The number of Topliss-reactive ketones (excluding diaryl/α,β-unsaturated/α-hetero) is 1. The highest BCUT2D eigenvalue weighted by molar-refractivity contribution is 6.41. The van der Waals surface area contributed by atoms with Gasteiger partial charge in [0.15, 0.2) is 0 Å². The molecule has 0 aliphatic carbocycles. The molecule has 8 heteroatoms. The molecule has 16 heavy (non-hydrogen) atoms. The van der Waals surface area contributed by atoms with Crippen LogP contribution >= 0.6 is 0 Å². The molecule has 3 N–H and O–H groups in total. The van der Waals surface area contributed by atoms with E-state index in [0.29, 0.717) is 6.42 Å². The standard InChI is InChI=1S/C8H12N4O4/c1-16-8(15)7-11-9-6(10-12-7)5(14)3-2-4-13/h13H,2-4H2,1H3,(H,9,10)(H,11,12). The van der Waals surface area contributed by atoms with Crippen molar-refractivity contribution in [1.82, 2.24) is 10.9 Å². The molecule has 1 heterocycles. The Balaban J connectivity index is 2.49. The quantitative estimate of drug-likeness (QED) is 0.484. The molecule has 0 bridgehead atoms. The van der Waals surface area contributed by atoms with Gasteiger partial charge < -0.3 is 9.84 Å². The number of hydrogen-bond donors (Lipinski definition) is 3. The number of nitrogens with zero attached hydrogens (tertiary/aromatic N) is 2. The maximum atomic E-state index is 11.4. The van der Waals surface area contributed by atoms with Crippen molar-refractivity contribution in [3.63, 3.8) is 0 Å². The van der Waals surface area contributed by atoms with Gasteiger partial charge >= 0.3 is 5.97 Å². The van der Waals surface area contributed by atoms with Crippen molar-refractivity contribution in [1.29, 1.82) is 0 Å². The van der Waals surface area contributed by atoms with Crippen molar-refractivity contribution in [3.8, 4) is 0 Å². The van der Waals surface area contributed by atoms with E-state index in [1.54, 1.807) is 0 Å². The average Bonchev–Trinajstić information content (AvgIpc) is 2.35. The third-order valence-electron chi connectivity index (χ3n) is 1.75. The van der Waals surface area contributed by atoms with Crippen LogP contribution in [0.25, 0.3) is 0 Å². The molecule has 0 aromatic rings. The third-order valence-corrected chi connectivity index (χ3v) is 1.75. The number of nitrogens with one attached hydrogen (secondary N) is 2. The first-order valence-corrected chi connectivity index (χ1v) is 4.58. The second-order valence-corrected chi connectivity index (χ2v) is 2.89. The summed E-state index contributed by atoms with van der Waals surface area (Å²) in [6, 6.07) is 0. The van der Waals surface area contributed by atoms with Crippen molar-refractivity contribution < 1.29 is 19.4 Å². The van der Waals surface area contributed by atoms with Gasteiger partial charge in [0.2, 0.25) is 11.6 Å². The Bertz CT molecular complexity index is 350. The average molecular weight is 228 g/mol. The van der Waals surface area contributed by atoms with E-state index in [0.717, 1.165) is 0 Å². The molecular weight excluding hydrogens is 216 g/mol. The van der Waals surface area contributed by atoms with Crippen LogP contribution < -0.4 is 10.9 Å². The topological polar surface area (TPSA) is 112 Å². The number of esters is 1. The summed E-state index contributed by atoms with van der Waals surface area (Å²) in [5.74, 6) is -1.10. The molecular formula is C8H12N4O4. The highest BCUT2D eigenvalue weighted by atomic mass is 16.5. The Morgan fingerprint density at radius 3 is 2.44 bits per heavy atom. The highest BCUT2D eigenvalue weighted by Crippen LogP contribution is 1.94. The molecule has 1 aliphatic heterocycles. The van der Waals surface area contributed by atoms with Crippen LogP contribution in [0, 0.1) is 0 Å². The van der Waals surface area contributed by atoms with Crippen LogP contribution in [-0.4, -0.2) is 42.2 Å². The summed E-state index contributed by atoms with van der Waals surface area (Å²) in [6.45, 7) is -0.0663. The number of hydrazone groups is 2. The number of aliphatic hydroxyl groups excluding tert-OH is 1. The molecule has 0 amide bonds. The summed E-state index contributed by atoms with van der Waals surface area (Å²) in [5, 5.41) is 15.7. The highest BCUT2D eigenvalue weighted by Gasteiger charge is 2.19. The summed E-state index contributed by atoms with van der Waals surface area (Å²) in [7, 11) is 1.21. The van der Waals surface area contributed by atoms with E-state index >= 15 is 0 Å². The zero-order valence-corrected chi connectivity index (χ0v) is 8.69. The van der Waals surface area contributed by atoms with Gasteiger partial charge in [-0.25, -0.2) is 4.79 Å². The zero-order valence-electron chi connectivity index (χ0n) is 8.69. The predicted octanol–water partition coefficient (Wildman–Crippen LogP) is -1.68.